The van der Waals surface area contributed by atoms with E-state index in [0.717, 1.165) is 0 Å². The predicted octanol–water partition coefficient (Wildman–Crippen LogP) is 3.72. The number of alkyl halides is 2. The maximum absolute atomic E-state index is 3.73. The SMILES string of the molecule is CC1(C)CCCC(Br)C1Br. The van der Waals surface area contributed by atoms with Gasteiger partial charge in [0.25, 0.3) is 0 Å². The van der Waals surface area contributed by atoms with Crippen LogP contribution >= 0.6 is 31.9 Å². The third kappa shape index (κ3) is 1.76. The van der Waals surface area contributed by atoms with Gasteiger partial charge in [-0.3, -0.25) is 0 Å². The van der Waals surface area contributed by atoms with E-state index in [2.05, 4.69) is 45.7 Å². The van der Waals surface area contributed by atoms with E-state index in [0.29, 0.717) is 15.1 Å². The van der Waals surface area contributed by atoms with Crippen molar-refractivity contribution in [3.05, 3.63) is 0 Å². The van der Waals surface area contributed by atoms with Crippen molar-refractivity contribution in [2.24, 2.45) is 5.41 Å². The maximum Gasteiger partial charge on any atom is 0.0322 e. The number of halogens is 2. The minimum Gasteiger partial charge on any atom is -0.0878 e. The van der Waals surface area contributed by atoms with Gasteiger partial charge in [0.05, 0.1) is 0 Å². The molecule has 0 amide bonds. The van der Waals surface area contributed by atoms with Gasteiger partial charge in [0.2, 0.25) is 0 Å². The Bertz CT molecular complexity index is 120. The Morgan fingerprint density at radius 3 is 2.30 bits per heavy atom. The van der Waals surface area contributed by atoms with Crippen LogP contribution in [-0.2, 0) is 0 Å². The van der Waals surface area contributed by atoms with E-state index in [9.17, 15) is 0 Å². The first-order valence-electron chi connectivity index (χ1n) is 3.82. The zero-order valence-electron chi connectivity index (χ0n) is 6.53. The lowest BCUT2D eigenvalue weighted by molar-refractivity contribution is 0.269. The van der Waals surface area contributed by atoms with Crippen molar-refractivity contribution in [1.82, 2.24) is 0 Å². The number of hydrogen-bond donors (Lipinski definition) is 0. The summed E-state index contributed by atoms with van der Waals surface area (Å²) >= 11 is 7.41. The van der Waals surface area contributed by atoms with Crippen LogP contribution < -0.4 is 0 Å². The molecule has 0 nitrogen and oxygen atoms in total. The Morgan fingerprint density at radius 1 is 1.30 bits per heavy atom. The van der Waals surface area contributed by atoms with Gasteiger partial charge in [-0.25, -0.2) is 0 Å². The number of rotatable bonds is 0. The van der Waals surface area contributed by atoms with Crippen LogP contribution in [0.5, 0.6) is 0 Å². The van der Waals surface area contributed by atoms with E-state index < -0.39 is 0 Å². The molecule has 0 bridgehead atoms. The predicted molar refractivity (Wildman–Crippen MR) is 53.1 cm³/mol. The summed E-state index contributed by atoms with van der Waals surface area (Å²) in [6.07, 6.45) is 4.04. The topological polar surface area (TPSA) is 0 Å². The molecule has 1 fully saturated rings. The van der Waals surface area contributed by atoms with Crippen molar-refractivity contribution in [2.75, 3.05) is 0 Å². The molecule has 0 radical (unpaired) electrons. The summed E-state index contributed by atoms with van der Waals surface area (Å²) in [7, 11) is 0. The Kier molecular flexibility index (Phi) is 2.84. The molecule has 1 saturated carbocycles. The van der Waals surface area contributed by atoms with Crippen LogP contribution in [0.4, 0.5) is 0 Å². The normalized spacial score (nSPS) is 39.6. The molecule has 0 N–H and O–H groups in total. The molecule has 0 aromatic carbocycles. The van der Waals surface area contributed by atoms with Crippen molar-refractivity contribution in [3.8, 4) is 0 Å². The second kappa shape index (κ2) is 3.14. The van der Waals surface area contributed by atoms with Gasteiger partial charge in [0, 0.05) is 9.65 Å². The van der Waals surface area contributed by atoms with E-state index in [1.54, 1.807) is 0 Å². The van der Waals surface area contributed by atoms with Gasteiger partial charge in [-0.1, -0.05) is 52.1 Å². The summed E-state index contributed by atoms with van der Waals surface area (Å²) in [4.78, 5) is 1.32. The fourth-order valence-electron chi connectivity index (χ4n) is 1.53. The molecule has 0 aromatic rings. The second-order valence-corrected chi connectivity index (χ2v) is 5.96. The molecule has 2 atom stereocenters. The molecular weight excluding hydrogens is 256 g/mol. The fourth-order valence-corrected chi connectivity index (χ4v) is 3.06. The van der Waals surface area contributed by atoms with Gasteiger partial charge in [0.1, 0.15) is 0 Å². The lowest BCUT2D eigenvalue weighted by Crippen LogP contribution is -2.35. The minimum absolute atomic E-state index is 0.479. The monoisotopic (exact) mass is 268 g/mol. The van der Waals surface area contributed by atoms with E-state index in [4.69, 9.17) is 0 Å². The lowest BCUT2D eigenvalue weighted by Gasteiger charge is -2.38. The zero-order chi connectivity index (χ0) is 7.78. The van der Waals surface area contributed by atoms with E-state index >= 15 is 0 Å². The highest BCUT2D eigenvalue weighted by molar-refractivity contribution is 9.12. The quantitative estimate of drug-likeness (QED) is 0.588. The molecule has 0 aliphatic heterocycles. The molecule has 10 heavy (non-hydrogen) atoms. The van der Waals surface area contributed by atoms with Crippen LogP contribution in [0.1, 0.15) is 33.1 Å². The highest BCUT2D eigenvalue weighted by atomic mass is 79.9. The van der Waals surface area contributed by atoms with Gasteiger partial charge < -0.3 is 0 Å². The maximum atomic E-state index is 3.73. The van der Waals surface area contributed by atoms with Crippen LogP contribution in [0.15, 0.2) is 0 Å². The molecule has 1 aliphatic rings. The molecule has 2 unspecified atom stereocenters. The van der Waals surface area contributed by atoms with Gasteiger partial charge in [0.15, 0.2) is 0 Å². The first-order valence-corrected chi connectivity index (χ1v) is 5.65. The van der Waals surface area contributed by atoms with Crippen LogP contribution in [-0.4, -0.2) is 9.65 Å². The van der Waals surface area contributed by atoms with Crippen molar-refractivity contribution >= 4 is 31.9 Å². The van der Waals surface area contributed by atoms with E-state index in [-0.39, 0.29) is 0 Å². The lowest BCUT2D eigenvalue weighted by atomic mass is 9.77. The van der Waals surface area contributed by atoms with Crippen LogP contribution in [0, 0.1) is 5.41 Å². The first kappa shape index (κ1) is 9.05. The summed E-state index contributed by atoms with van der Waals surface area (Å²) in [6, 6.07) is 0. The molecule has 1 rings (SSSR count). The third-order valence-electron chi connectivity index (χ3n) is 2.37. The molecule has 1 aliphatic carbocycles. The van der Waals surface area contributed by atoms with Gasteiger partial charge in [-0.05, 0) is 18.3 Å². The van der Waals surface area contributed by atoms with Crippen LogP contribution in [0.2, 0.25) is 0 Å². The summed E-state index contributed by atoms with van der Waals surface area (Å²) in [5.74, 6) is 0. The smallest absolute Gasteiger partial charge is 0.0322 e. The average molecular weight is 270 g/mol. The summed E-state index contributed by atoms with van der Waals surface area (Å²) in [6.45, 7) is 4.67. The van der Waals surface area contributed by atoms with Crippen LogP contribution in [0.25, 0.3) is 0 Å². The Balaban J connectivity index is 2.60. The second-order valence-electron chi connectivity index (χ2n) is 3.80. The molecule has 0 heterocycles. The van der Waals surface area contributed by atoms with Gasteiger partial charge >= 0.3 is 0 Å². The van der Waals surface area contributed by atoms with Crippen LogP contribution in [0.3, 0.4) is 0 Å². The Morgan fingerprint density at radius 2 is 1.90 bits per heavy atom. The largest absolute Gasteiger partial charge is 0.0878 e. The minimum atomic E-state index is 0.479. The zero-order valence-corrected chi connectivity index (χ0v) is 9.70. The summed E-state index contributed by atoms with van der Waals surface area (Å²) in [5.41, 5.74) is 0.479. The first-order chi connectivity index (χ1) is 4.54. The molecule has 0 aromatic heterocycles. The summed E-state index contributed by atoms with van der Waals surface area (Å²) in [5, 5.41) is 0. The molecule has 0 saturated heterocycles. The fraction of sp³-hybridized carbons (Fsp3) is 1.00. The Hall–Kier alpha value is 0.960. The standard InChI is InChI=1S/C8H14Br2/c1-8(2)5-3-4-6(9)7(8)10/h6-7H,3-5H2,1-2H3. The molecular formula is C8H14Br2. The average Bonchev–Trinajstić information content (AvgIpc) is 1.83. The van der Waals surface area contributed by atoms with Crippen molar-refractivity contribution in [2.45, 2.75) is 42.8 Å². The molecule has 2 heteroatoms. The number of hydrogen-bond acceptors (Lipinski definition) is 0. The molecule has 60 valence electrons. The summed E-state index contributed by atoms with van der Waals surface area (Å²) < 4.78 is 0. The third-order valence-corrected chi connectivity index (χ3v) is 5.94. The van der Waals surface area contributed by atoms with E-state index in [1.165, 1.54) is 19.3 Å². The van der Waals surface area contributed by atoms with Crippen molar-refractivity contribution in [1.29, 1.82) is 0 Å². The van der Waals surface area contributed by atoms with Crippen molar-refractivity contribution < 1.29 is 0 Å². The van der Waals surface area contributed by atoms with E-state index in [1.807, 2.05) is 0 Å². The highest BCUT2D eigenvalue weighted by Gasteiger charge is 2.35. The van der Waals surface area contributed by atoms with Gasteiger partial charge in [-0.15, -0.1) is 0 Å². The highest BCUT2D eigenvalue weighted by Crippen LogP contribution is 2.42. The van der Waals surface area contributed by atoms with Crippen molar-refractivity contribution in [3.63, 3.8) is 0 Å². The van der Waals surface area contributed by atoms with Gasteiger partial charge in [-0.2, -0.15) is 0 Å². The Labute approximate surface area is 80.0 Å². The molecule has 0 spiro atoms.